The van der Waals surface area contributed by atoms with Crippen LogP contribution in [0.4, 0.5) is 18.9 Å². The van der Waals surface area contributed by atoms with E-state index in [0.29, 0.717) is 92.8 Å². The number of fused-ring (bicyclic) bond motifs is 10. The van der Waals surface area contributed by atoms with E-state index >= 15 is 13.2 Å². The lowest BCUT2D eigenvalue weighted by atomic mass is 9.76. The Labute approximate surface area is 678 Å². The van der Waals surface area contributed by atoms with Gasteiger partial charge in [0.15, 0.2) is 5.60 Å². The Hall–Kier alpha value is -10.4. The minimum atomic E-state index is -4.61. The average molecular weight is 1540 g/mol. The first-order valence-electron chi connectivity index (χ1n) is 42.7. The van der Waals surface area contributed by atoms with E-state index in [0.717, 1.165) is 110 Å². The molecule has 0 bridgehead atoms. The fraction of sp³-hybridized carbons (Fsp3) is 0.365. The largest absolute Gasteiger partial charge is 0.497 e. The number of rotatable bonds is 30. The van der Waals surface area contributed by atoms with Crippen LogP contribution in [0.25, 0.3) is 72.1 Å². The first kappa shape index (κ1) is 79.8. The third-order valence-corrected chi connectivity index (χ3v) is 25.5. The summed E-state index contributed by atoms with van der Waals surface area (Å²) in [5, 5.41) is 5.95. The van der Waals surface area contributed by atoms with Gasteiger partial charge in [0.2, 0.25) is 0 Å². The number of amides is 1. The molecule has 1 unspecified atom stereocenters. The molecule has 3 aliphatic carbocycles. The van der Waals surface area contributed by atoms with Crippen LogP contribution in [0, 0.1) is 18.8 Å². The van der Waals surface area contributed by atoms with Crippen molar-refractivity contribution in [2.75, 3.05) is 25.6 Å². The van der Waals surface area contributed by atoms with Gasteiger partial charge >= 0.3 is 12.1 Å². The van der Waals surface area contributed by atoms with Crippen molar-refractivity contribution in [1.82, 2.24) is 0 Å². The van der Waals surface area contributed by atoms with E-state index in [1.807, 2.05) is 142 Å². The van der Waals surface area contributed by atoms with Crippen LogP contribution in [-0.2, 0) is 22.0 Å². The molecule has 594 valence electrons. The fourth-order valence-corrected chi connectivity index (χ4v) is 18.9. The predicted molar refractivity (Wildman–Crippen MR) is 463 cm³/mol. The standard InChI is InChI=1S/C104H110F3NO7/c1-8-11-15-20-69-25-29-71(30-26-69)73-33-37-75(38-34-73)77-41-43-79(44-42-77)101(110)108-83-52-60-87(68(4)65-83)91-67-92-97-88-59-51-82(104(105,106)107)66-93(88)102(5,6)99(97)90-61-62-103(80-47-55-84(111-7)56-48-80,81-49-57-86(58-50-81)112-63-13-10-3)115-100(90)98(92)89-22-19-23-94(96(89)91)114-95(109)24-17-14-18-64-113-85-53-45-78(46-54-85)76-39-35-74(36-40-76)72-31-27-70(28-32-72)21-16-12-9-2/h19,22-23,33-62,65-67,69-72H,8-18,20-21,24-32,63-64H2,1-7H3,(H,108,110). The van der Waals surface area contributed by atoms with Crippen molar-refractivity contribution in [3.05, 3.63) is 268 Å². The summed E-state index contributed by atoms with van der Waals surface area (Å²) in [5.41, 5.74) is 12.9. The SMILES string of the molecule is CCCCCC1CCC(c2ccc(-c3ccc(OCCCCCC(=O)Oc4cccc5c4c(-c4ccc(NC(=O)c6ccc(-c7ccc(C8CCC(CCCCC)CC8)cc7)cc6)cc4C)cc4c6c(c7c(c45)OC(c4ccc(OC)cc4)(c4ccc(OCCCC)cc4)C=C7)C(C)(C)c4cc(C(F)(F)F)ccc4-6)cc3)cc2)CC1. The Balaban J connectivity index is 0.738. The number of methoxy groups -OCH3 is 1. The number of hydrogen-bond acceptors (Lipinski definition) is 7. The van der Waals surface area contributed by atoms with Crippen molar-refractivity contribution in [2.45, 2.75) is 212 Å². The molecule has 11 aromatic rings. The summed E-state index contributed by atoms with van der Waals surface area (Å²) in [5.74, 6) is 5.37. The summed E-state index contributed by atoms with van der Waals surface area (Å²) in [6, 6.07) is 67.9. The van der Waals surface area contributed by atoms with Gasteiger partial charge in [-0.3, -0.25) is 9.59 Å². The summed E-state index contributed by atoms with van der Waals surface area (Å²) < 4.78 is 77.9. The number of ether oxygens (including phenoxy) is 5. The number of alkyl halides is 3. The van der Waals surface area contributed by atoms with Gasteiger partial charge in [0.25, 0.3) is 5.91 Å². The van der Waals surface area contributed by atoms with E-state index < -0.39 is 28.7 Å². The Morgan fingerprint density at radius 3 is 1.62 bits per heavy atom. The molecular formula is C104H110F3NO7. The Morgan fingerprint density at radius 1 is 0.522 bits per heavy atom. The first-order valence-corrected chi connectivity index (χ1v) is 42.7. The maximum absolute atomic E-state index is 15.0. The van der Waals surface area contributed by atoms with Gasteiger partial charge in [-0.05, 0) is 282 Å². The third kappa shape index (κ3) is 17.3. The van der Waals surface area contributed by atoms with Crippen molar-refractivity contribution >= 4 is 45.2 Å². The smallest absolute Gasteiger partial charge is 0.416 e. The van der Waals surface area contributed by atoms with Crippen molar-refractivity contribution in [1.29, 1.82) is 0 Å². The first-order chi connectivity index (χ1) is 55.9. The zero-order chi connectivity index (χ0) is 79.8. The molecule has 15 rings (SSSR count). The van der Waals surface area contributed by atoms with E-state index in [2.05, 4.69) is 105 Å². The van der Waals surface area contributed by atoms with Gasteiger partial charge in [-0.2, -0.15) is 13.2 Å². The number of carbonyl (C=O) groups excluding carboxylic acids is 2. The zero-order valence-electron chi connectivity index (χ0n) is 68.1. The summed E-state index contributed by atoms with van der Waals surface area (Å²) in [6.07, 6.45) is 24.7. The van der Waals surface area contributed by atoms with Gasteiger partial charge in [-0.1, -0.05) is 220 Å². The molecule has 0 saturated heterocycles. The Bertz CT molecular complexity index is 5260. The Kier molecular flexibility index (Phi) is 24.6. The number of halogens is 3. The molecule has 1 atom stereocenters. The van der Waals surface area contributed by atoms with Crippen molar-refractivity contribution in [3.8, 4) is 73.3 Å². The minimum Gasteiger partial charge on any atom is -0.497 e. The lowest BCUT2D eigenvalue weighted by Gasteiger charge is -2.39. The molecule has 1 heterocycles. The maximum Gasteiger partial charge on any atom is 0.416 e. The number of benzene rings is 11. The number of hydrogen-bond donors (Lipinski definition) is 1. The molecule has 115 heavy (non-hydrogen) atoms. The normalized spacial score (nSPS) is 18.1. The number of aryl methyl sites for hydroxylation is 1. The van der Waals surface area contributed by atoms with E-state index in [1.54, 1.807) is 13.2 Å². The molecule has 0 aromatic heterocycles. The third-order valence-electron chi connectivity index (χ3n) is 25.5. The van der Waals surface area contributed by atoms with Crippen molar-refractivity contribution in [3.63, 3.8) is 0 Å². The van der Waals surface area contributed by atoms with E-state index in [-0.39, 0.29) is 12.3 Å². The van der Waals surface area contributed by atoms with Crippen LogP contribution in [0.1, 0.15) is 248 Å². The van der Waals surface area contributed by atoms with Crippen molar-refractivity contribution in [2.24, 2.45) is 11.8 Å². The zero-order valence-corrected chi connectivity index (χ0v) is 68.1. The van der Waals surface area contributed by atoms with Gasteiger partial charge in [0, 0.05) is 50.5 Å². The van der Waals surface area contributed by atoms with Crippen LogP contribution < -0.4 is 29.0 Å². The van der Waals surface area contributed by atoms with Gasteiger partial charge in [-0.15, -0.1) is 0 Å². The second-order valence-electron chi connectivity index (χ2n) is 33.4. The Morgan fingerprint density at radius 2 is 1.06 bits per heavy atom. The van der Waals surface area contributed by atoms with E-state index in [4.69, 9.17) is 23.7 Å². The van der Waals surface area contributed by atoms with Crippen LogP contribution in [0.5, 0.6) is 28.7 Å². The highest BCUT2D eigenvalue weighted by Crippen LogP contribution is 2.61. The molecule has 0 radical (unpaired) electrons. The molecule has 2 fully saturated rings. The van der Waals surface area contributed by atoms with Gasteiger partial charge in [0.1, 0.15) is 28.7 Å². The number of unbranched alkanes of at least 4 members (excludes halogenated alkanes) is 7. The molecule has 8 nitrogen and oxygen atoms in total. The van der Waals surface area contributed by atoms with Crippen LogP contribution in [0.3, 0.4) is 0 Å². The molecule has 1 N–H and O–H groups in total. The van der Waals surface area contributed by atoms with Crippen LogP contribution >= 0.6 is 0 Å². The fourth-order valence-electron chi connectivity index (χ4n) is 18.9. The predicted octanol–water partition coefficient (Wildman–Crippen LogP) is 28.7. The lowest BCUT2D eigenvalue weighted by molar-refractivity contribution is -0.137. The second kappa shape index (κ2) is 35.4. The molecule has 0 spiro atoms. The molecule has 1 aliphatic heterocycles. The summed E-state index contributed by atoms with van der Waals surface area (Å²) in [6.45, 7) is 13.7. The highest BCUT2D eigenvalue weighted by molar-refractivity contribution is 6.24. The number of nitrogens with one attached hydrogen (secondary N) is 1. The monoisotopic (exact) mass is 1540 g/mol. The van der Waals surface area contributed by atoms with E-state index in [1.165, 1.54) is 132 Å². The molecular weight excluding hydrogens is 1430 g/mol. The molecule has 2 saturated carbocycles. The number of esters is 1. The molecule has 11 aromatic carbocycles. The second-order valence-corrected chi connectivity index (χ2v) is 33.4. The van der Waals surface area contributed by atoms with Gasteiger partial charge in [0.05, 0.1) is 25.9 Å². The lowest BCUT2D eigenvalue weighted by Crippen LogP contribution is -2.35. The highest BCUT2D eigenvalue weighted by atomic mass is 19.4. The topological polar surface area (TPSA) is 92.3 Å². The molecule has 1 amide bonds. The van der Waals surface area contributed by atoms with E-state index in [9.17, 15) is 9.59 Å². The van der Waals surface area contributed by atoms with Crippen molar-refractivity contribution < 1.29 is 46.4 Å². The van der Waals surface area contributed by atoms with Crippen LogP contribution in [0.15, 0.2) is 212 Å². The summed E-state index contributed by atoms with van der Waals surface area (Å²) >= 11 is 0. The summed E-state index contributed by atoms with van der Waals surface area (Å²) in [7, 11) is 1.63. The summed E-state index contributed by atoms with van der Waals surface area (Å²) in [4.78, 5) is 29.0. The van der Waals surface area contributed by atoms with Gasteiger partial charge in [-0.25, -0.2) is 0 Å². The van der Waals surface area contributed by atoms with Crippen LogP contribution in [0.2, 0.25) is 0 Å². The highest BCUT2D eigenvalue weighted by Gasteiger charge is 2.46. The number of anilines is 1. The quantitative estimate of drug-likeness (QED) is 0.0207. The molecule has 11 heteroatoms. The average Bonchev–Trinajstić information content (AvgIpc) is 1.59. The molecule has 4 aliphatic rings. The maximum atomic E-state index is 15.0. The van der Waals surface area contributed by atoms with Gasteiger partial charge < -0.3 is 29.0 Å². The minimum absolute atomic E-state index is 0.145. The van der Waals surface area contributed by atoms with Crippen LogP contribution in [-0.4, -0.2) is 32.2 Å². The number of carbonyl (C=O) groups is 2.